The molecule has 0 radical (unpaired) electrons. The van der Waals surface area contributed by atoms with E-state index >= 15 is 0 Å². The Morgan fingerprint density at radius 1 is 1.15 bits per heavy atom. The first-order valence-corrected chi connectivity index (χ1v) is 7.76. The van der Waals surface area contributed by atoms with E-state index in [1.807, 2.05) is 6.92 Å². The SMILES string of the molecule is CNc1ccc(C(=O)OCc2cc(OC)c(OC)cc2C)cc1[N+](=O)[O-]. The third-order valence-electron chi connectivity index (χ3n) is 3.90. The van der Waals surface area contributed by atoms with Crippen molar-refractivity contribution in [3.05, 3.63) is 57.1 Å². The van der Waals surface area contributed by atoms with Crippen LogP contribution in [0.25, 0.3) is 0 Å². The Balaban J connectivity index is 2.19. The lowest BCUT2D eigenvalue weighted by molar-refractivity contribution is -0.384. The molecular formula is C18H20N2O6. The second-order valence-electron chi connectivity index (χ2n) is 5.45. The van der Waals surface area contributed by atoms with Crippen molar-refractivity contribution in [2.45, 2.75) is 13.5 Å². The van der Waals surface area contributed by atoms with Gasteiger partial charge in [0.15, 0.2) is 11.5 Å². The van der Waals surface area contributed by atoms with Gasteiger partial charge in [-0.25, -0.2) is 4.79 Å². The fourth-order valence-corrected chi connectivity index (χ4v) is 2.43. The maximum absolute atomic E-state index is 12.3. The first kappa shape index (κ1) is 19.0. The molecular weight excluding hydrogens is 340 g/mol. The Bertz CT molecular complexity index is 835. The van der Waals surface area contributed by atoms with Crippen LogP contribution >= 0.6 is 0 Å². The molecule has 0 saturated heterocycles. The molecule has 2 aromatic rings. The molecule has 0 atom stereocenters. The zero-order valence-corrected chi connectivity index (χ0v) is 15.0. The van der Waals surface area contributed by atoms with E-state index in [-0.39, 0.29) is 17.9 Å². The van der Waals surface area contributed by atoms with Crippen LogP contribution in [0.5, 0.6) is 11.5 Å². The summed E-state index contributed by atoms with van der Waals surface area (Å²) in [7, 11) is 4.63. The number of nitrogens with one attached hydrogen (secondary N) is 1. The Hall–Kier alpha value is -3.29. The van der Waals surface area contributed by atoms with Crippen LogP contribution in [-0.2, 0) is 11.3 Å². The van der Waals surface area contributed by atoms with Gasteiger partial charge in [0.1, 0.15) is 12.3 Å². The number of hydrogen-bond donors (Lipinski definition) is 1. The number of nitro benzene ring substituents is 1. The number of methoxy groups -OCH3 is 2. The molecule has 2 rings (SSSR count). The van der Waals surface area contributed by atoms with Gasteiger partial charge in [-0.05, 0) is 42.3 Å². The third-order valence-corrected chi connectivity index (χ3v) is 3.90. The summed E-state index contributed by atoms with van der Waals surface area (Å²) >= 11 is 0. The first-order chi connectivity index (χ1) is 12.4. The normalized spacial score (nSPS) is 10.2. The van der Waals surface area contributed by atoms with Crippen LogP contribution < -0.4 is 14.8 Å². The second kappa shape index (κ2) is 8.19. The van der Waals surface area contributed by atoms with Gasteiger partial charge >= 0.3 is 5.97 Å². The molecule has 0 aliphatic carbocycles. The highest BCUT2D eigenvalue weighted by Crippen LogP contribution is 2.31. The molecule has 2 aromatic carbocycles. The number of rotatable bonds is 7. The van der Waals surface area contributed by atoms with E-state index in [1.54, 1.807) is 26.3 Å². The zero-order chi connectivity index (χ0) is 19.3. The van der Waals surface area contributed by atoms with Crippen LogP contribution in [0, 0.1) is 17.0 Å². The Morgan fingerprint density at radius 3 is 2.38 bits per heavy atom. The average Bonchev–Trinajstić information content (AvgIpc) is 2.65. The highest BCUT2D eigenvalue weighted by atomic mass is 16.6. The lowest BCUT2D eigenvalue weighted by Gasteiger charge is -2.13. The van der Waals surface area contributed by atoms with Gasteiger partial charge in [0.2, 0.25) is 0 Å². The molecule has 138 valence electrons. The largest absolute Gasteiger partial charge is 0.493 e. The van der Waals surface area contributed by atoms with Crippen molar-refractivity contribution >= 4 is 17.3 Å². The van der Waals surface area contributed by atoms with Crippen LogP contribution in [0.15, 0.2) is 30.3 Å². The lowest BCUT2D eigenvalue weighted by Crippen LogP contribution is -2.08. The monoisotopic (exact) mass is 360 g/mol. The summed E-state index contributed by atoms with van der Waals surface area (Å²) in [5.74, 6) is 0.460. The van der Waals surface area contributed by atoms with Gasteiger partial charge in [0.25, 0.3) is 5.69 Å². The van der Waals surface area contributed by atoms with E-state index in [0.29, 0.717) is 17.2 Å². The highest BCUT2D eigenvalue weighted by molar-refractivity contribution is 5.91. The van der Waals surface area contributed by atoms with Crippen molar-refractivity contribution in [1.82, 2.24) is 0 Å². The van der Waals surface area contributed by atoms with Crippen LogP contribution in [-0.4, -0.2) is 32.2 Å². The van der Waals surface area contributed by atoms with Crippen LogP contribution in [0.4, 0.5) is 11.4 Å². The number of carbonyl (C=O) groups excluding carboxylic acids is 1. The van der Waals surface area contributed by atoms with E-state index in [1.165, 1.54) is 25.3 Å². The van der Waals surface area contributed by atoms with Crippen molar-refractivity contribution < 1.29 is 23.9 Å². The summed E-state index contributed by atoms with van der Waals surface area (Å²) in [5, 5.41) is 13.8. The molecule has 26 heavy (non-hydrogen) atoms. The van der Waals surface area contributed by atoms with Crippen molar-refractivity contribution in [3.8, 4) is 11.5 Å². The van der Waals surface area contributed by atoms with E-state index in [2.05, 4.69) is 5.32 Å². The van der Waals surface area contributed by atoms with Gasteiger partial charge in [0.05, 0.1) is 24.7 Å². The van der Waals surface area contributed by atoms with Gasteiger partial charge in [-0.3, -0.25) is 10.1 Å². The van der Waals surface area contributed by atoms with Crippen LogP contribution in [0.3, 0.4) is 0 Å². The first-order valence-electron chi connectivity index (χ1n) is 7.76. The van der Waals surface area contributed by atoms with E-state index in [9.17, 15) is 14.9 Å². The van der Waals surface area contributed by atoms with E-state index in [4.69, 9.17) is 14.2 Å². The molecule has 0 spiro atoms. The molecule has 1 N–H and O–H groups in total. The second-order valence-corrected chi connectivity index (χ2v) is 5.45. The summed E-state index contributed by atoms with van der Waals surface area (Å²) < 4.78 is 15.8. The molecule has 0 bridgehead atoms. The zero-order valence-electron chi connectivity index (χ0n) is 15.0. The molecule has 0 aromatic heterocycles. The molecule has 0 unspecified atom stereocenters. The van der Waals surface area contributed by atoms with E-state index in [0.717, 1.165) is 11.1 Å². The quantitative estimate of drug-likeness (QED) is 0.459. The molecule has 0 saturated carbocycles. The average molecular weight is 360 g/mol. The Labute approximate surface area is 150 Å². The molecule has 0 aliphatic rings. The number of ether oxygens (including phenoxy) is 3. The van der Waals surface area contributed by atoms with Crippen LogP contribution in [0.1, 0.15) is 21.5 Å². The summed E-state index contributed by atoms with van der Waals surface area (Å²) in [5.41, 5.74) is 1.85. The van der Waals surface area contributed by atoms with Gasteiger partial charge in [-0.1, -0.05) is 0 Å². The number of carbonyl (C=O) groups is 1. The molecule has 0 fully saturated rings. The number of nitro groups is 1. The van der Waals surface area contributed by atoms with Crippen molar-refractivity contribution in [3.63, 3.8) is 0 Å². The number of anilines is 1. The number of benzene rings is 2. The number of hydrogen-bond acceptors (Lipinski definition) is 7. The number of esters is 1. The molecule has 8 heteroatoms. The molecule has 0 aliphatic heterocycles. The highest BCUT2D eigenvalue weighted by Gasteiger charge is 2.18. The molecule has 0 heterocycles. The van der Waals surface area contributed by atoms with Gasteiger partial charge in [-0.2, -0.15) is 0 Å². The molecule has 8 nitrogen and oxygen atoms in total. The summed E-state index contributed by atoms with van der Waals surface area (Å²) in [6.07, 6.45) is 0. The maximum atomic E-state index is 12.3. The fourth-order valence-electron chi connectivity index (χ4n) is 2.43. The predicted octanol–water partition coefficient (Wildman–Crippen LogP) is 3.32. The summed E-state index contributed by atoms with van der Waals surface area (Å²) in [4.78, 5) is 22.8. The number of nitrogens with zero attached hydrogens (tertiary/aromatic N) is 1. The fraction of sp³-hybridized carbons (Fsp3) is 0.278. The van der Waals surface area contributed by atoms with Gasteiger partial charge < -0.3 is 19.5 Å². The van der Waals surface area contributed by atoms with Crippen LogP contribution in [0.2, 0.25) is 0 Å². The number of aryl methyl sites for hydroxylation is 1. The van der Waals surface area contributed by atoms with E-state index < -0.39 is 10.9 Å². The Kier molecular flexibility index (Phi) is 6.00. The Morgan fingerprint density at radius 2 is 1.81 bits per heavy atom. The van der Waals surface area contributed by atoms with Crippen molar-refractivity contribution in [1.29, 1.82) is 0 Å². The van der Waals surface area contributed by atoms with Crippen molar-refractivity contribution in [2.24, 2.45) is 0 Å². The minimum absolute atomic E-state index is 0.00655. The minimum atomic E-state index is -0.648. The standard InChI is InChI=1S/C18H20N2O6/c1-11-7-16(24-3)17(25-4)9-13(11)10-26-18(21)12-5-6-14(19-2)15(8-12)20(22)23/h5-9,19H,10H2,1-4H3. The predicted molar refractivity (Wildman–Crippen MR) is 96.0 cm³/mol. The molecule has 0 amide bonds. The lowest BCUT2D eigenvalue weighted by atomic mass is 10.1. The minimum Gasteiger partial charge on any atom is -0.493 e. The van der Waals surface area contributed by atoms with Gasteiger partial charge in [0, 0.05) is 13.1 Å². The maximum Gasteiger partial charge on any atom is 0.338 e. The third kappa shape index (κ3) is 4.02. The summed E-state index contributed by atoms with van der Waals surface area (Å²) in [6.45, 7) is 1.87. The summed E-state index contributed by atoms with van der Waals surface area (Å²) in [6, 6.07) is 7.65. The van der Waals surface area contributed by atoms with Crippen molar-refractivity contribution in [2.75, 3.05) is 26.6 Å². The van der Waals surface area contributed by atoms with Gasteiger partial charge in [-0.15, -0.1) is 0 Å². The smallest absolute Gasteiger partial charge is 0.338 e. The topological polar surface area (TPSA) is 99.9 Å².